The highest BCUT2D eigenvalue weighted by molar-refractivity contribution is 9.10. The molecule has 2 N–H and O–H groups in total. The van der Waals surface area contributed by atoms with E-state index in [-0.39, 0.29) is 11.7 Å². The Labute approximate surface area is 86.8 Å². The van der Waals surface area contributed by atoms with Crippen molar-refractivity contribution >= 4 is 27.8 Å². The Hall–Kier alpha value is -1.63. The molecule has 0 fully saturated rings. The summed E-state index contributed by atoms with van der Waals surface area (Å²) in [5, 5.41) is 6.98. The molecule has 0 spiro atoms. The zero-order chi connectivity index (χ0) is 10.1. The molecule has 0 aliphatic carbocycles. The second-order valence-corrected chi connectivity index (χ2v) is 3.32. The van der Waals surface area contributed by atoms with Crippen molar-refractivity contribution < 1.29 is 9.21 Å². The van der Waals surface area contributed by atoms with Crippen molar-refractivity contribution in [2.75, 3.05) is 5.73 Å². The van der Waals surface area contributed by atoms with Gasteiger partial charge in [-0.1, -0.05) is 0 Å². The van der Waals surface area contributed by atoms with Gasteiger partial charge in [0.1, 0.15) is 6.33 Å². The third kappa shape index (κ3) is 1.31. The predicted molar refractivity (Wildman–Crippen MR) is 50.6 cm³/mol. The maximum atomic E-state index is 11.7. The lowest BCUT2D eigenvalue weighted by atomic mass is 10.4. The summed E-state index contributed by atoms with van der Waals surface area (Å²) >= 11 is 3.17. The van der Waals surface area contributed by atoms with Crippen LogP contribution in [0.1, 0.15) is 10.6 Å². The van der Waals surface area contributed by atoms with Gasteiger partial charge in [0.2, 0.25) is 11.7 Å². The van der Waals surface area contributed by atoms with Gasteiger partial charge >= 0.3 is 5.91 Å². The third-order valence-electron chi connectivity index (χ3n) is 1.60. The van der Waals surface area contributed by atoms with Gasteiger partial charge in [-0.25, -0.2) is 4.57 Å². The second kappa shape index (κ2) is 3.26. The first-order chi connectivity index (χ1) is 6.70. The fourth-order valence-electron chi connectivity index (χ4n) is 0.956. The summed E-state index contributed by atoms with van der Waals surface area (Å²) < 4.78 is 6.64. The Morgan fingerprint density at radius 3 is 2.93 bits per heavy atom. The molecule has 2 heterocycles. The van der Waals surface area contributed by atoms with Gasteiger partial charge in [-0.3, -0.25) is 4.79 Å². The van der Waals surface area contributed by atoms with Crippen LogP contribution < -0.4 is 5.73 Å². The average molecular weight is 257 g/mol. The minimum absolute atomic E-state index is 0.0262. The normalized spacial score (nSPS) is 10.4. The van der Waals surface area contributed by atoms with Crippen molar-refractivity contribution in [1.29, 1.82) is 0 Å². The van der Waals surface area contributed by atoms with E-state index in [0.717, 1.165) is 4.57 Å². The first-order valence-electron chi connectivity index (χ1n) is 3.63. The van der Waals surface area contributed by atoms with Crippen LogP contribution in [0.3, 0.4) is 0 Å². The number of carbonyl (C=O) groups excluding carboxylic acids is 1. The predicted octanol–water partition coefficient (Wildman–Crippen LogP) is 0.904. The molecule has 0 aromatic carbocycles. The molecule has 2 aromatic rings. The van der Waals surface area contributed by atoms with Crippen LogP contribution in [-0.2, 0) is 0 Å². The van der Waals surface area contributed by atoms with Crippen molar-refractivity contribution in [1.82, 2.24) is 14.8 Å². The molecule has 0 amide bonds. The van der Waals surface area contributed by atoms with E-state index in [1.165, 1.54) is 12.6 Å². The van der Waals surface area contributed by atoms with Gasteiger partial charge in [-0.2, -0.15) is 0 Å². The third-order valence-corrected chi connectivity index (χ3v) is 2.23. The van der Waals surface area contributed by atoms with Crippen molar-refractivity contribution in [3.63, 3.8) is 0 Å². The highest BCUT2D eigenvalue weighted by atomic mass is 79.9. The Morgan fingerprint density at radius 1 is 1.64 bits per heavy atom. The van der Waals surface area contributed by atoms with E-state index < -0.39 is 5.91 Å². The van der Waals surface area contributed by atoms with E-state index in [9.17, 15) is 4.79 Å². The number of furan rings is 1. The van der Waals surface area contributed by atoms with Gasteiger partial charge in [-0.05, 0) is 22.0 Å². The molecule has 2 aromatic heterocycles. The Morgan fingerprint density at radius 2 is 2.43 bits per heavy atom. The Balaban J connectivity index is 2.44. The molecule has 0 bridgehead atoms. The van der Waals surface area contributed by atoms with Crippen LogP contribution in [0.2, 0.25) is 0 Å². The number of anilines is 1. The highest BCUT2D eigenvalue weighted by Crippen LogP contribution is 2.19. The number of aromatic nitrogens is 3. The topological polar surface area (TPSA) is 86.9 Å². The summed E-state index contributed by atoms with van der Waals surface area (Å²) in [5.41, 5.74) is 5.41. The SMILES string of the molecule is Nc1nncn1C(=O)c1occc1Br. The van der Waals surface area contributed by atoms with Crippen LogP contribution in [0.25, 0.3) is 0 Å². The smallest absolute Gasteiger partial charge is 0.302 e. The molecule has 7 heteroatoms. The van der Waals surface area contributed by atoms with E-state index in [4.69, 9.17) is 10.2 Å². The first-order valence-corrected chi connectivity index (χ1v) is 4.42. The van der Waals surface area contributed by atoms with E-state index >= 15 is 0 Å². The molecule has 0 aliphatic heterocycles. The van der Waals surface area contributed by atoms with E-state index in [2.05, 4.69) is 26.1 Å². The van der Waals surface area contributed by atoms with Gasteiger partial charge in [0.05, 0.1) is 10.7 Å². The van der Waals surface area contributed by atoms with Gasteiger partial charge in [0, 0.05) is 0 Å². The molecule has 0 saturated carbocycles. The number of hydrogen-bond acceptors (Lipinski definition) is 5. The Bertz CT molecular complexity index is 433. The van der Waals surface area contributed by atoms with Gasteiger partial charge in [0.15, 0.2) is 0 Å². The quantitative estimate of drug-likeness (QED) is 0.820. The fourth-order valence-corrected chi connectivity index (χ4v) is 1.33. The minimum Gasteiger partial charge on any atom is -0.458 e. The number of rotatable bonds is 1. The lowest BCUT2D eigenvalue weighted by molar-refractivity contribution is 0.0933. The van der Waals surface area contributed by atoms with Crippen LogP contribution in [0.5, 0.6) is 0 Å². The van der Waals surface area contributed by atoms with Crippen molar-refractivity contribution in [2.24, 2.45) is 0 Å². The van der Waals surface area contributed by atoms with Gasteiger partial charge in [-0.15, -0.1) is 10.2 Å². The van der Waals surface area contributed by atoms with Gasteiger partial charge in [0.25, 0.3) is 0 Å². The van der Waals surface area contributed by atoms with Crippen molar-refractivity contribution in [2.45, 2.75) is 0 Å². The largest absolute Gasteiger partial charge is 0.458 e. The molecule has 14 heavy (non-hydrogen) atoms. The van der Waals surface area contributed by atoms with Crippen LogP contribution in [0.15, 0.2) is 27.5 Å². The molecule has 6 nitrogen and oxygen atoms in total. The van der Waals surface area contributed by atoms with E-state index in [0.29, 0.717) is 4.47 Å². The zero-order valence-electron chi connectivity index (χ0n) is 6.85. The second-order valence-electron chi connectivity index (χ2n) is 2.46. The number of hydrogen-bond donors (Lipinski definition) is 1. The lowest BCUT2D eigenvalue weighted by Gasteiger charge is -1.98. The molecule has 0 radical (unpaired) electrons. The Kier molecular flexibility index (Phi) is 2.08. The first kappa shape index (κ1) is 8.95. The number of halogens is 1. The van der Waals surface area contributed by atoms with Gasteiger partial charge < -0.3 is 10.2 Å². The molecule has 2 rings (SSSR count). The standard InChI is InChI=1S/C7H5BrN4O2/c8-4-1-2-14-5(4)6(13)12-3-10-11-7(12)9/h1-3H,(H2,9,11). The monoisotopic (exact) mass is 256 g/mol. The fraction of sp³-hybridized carbons (Fsp3) is 0. The summed E-state index contributed by atoms with van der Waals surface area (Å²) in [6.45, 7) is 0. The van der Waals surface area contributed by atoms with Crippen LogP contribution in [-0.4, -0.2) is 20.7 Å². The molecule has 72 valence electrons. The summed E-state index contributed by atoms with van der Waals surface area (Å²) in [4.78, 5) is 11.7. The number of nitrogen functional groups attached to an aromatic ring is 1. The van der Waals surface area contributed by atoms with Crippen molar-refractivity contribution in [3.05, 3.63) is 28.9 Å². The molecular formula is C7H5BrN4O2. The lowest BCUT2D eigenvalue weighted by Crippen LogP contribution is -2.13. The number of nitrogens with zero attached hydrogens (tertiary/aromatic N) is 3. The average Bonchev–Trinajstić information content (AvgIpc) is 2.73. The highest BCUT2D eigenvalue weighted by Gasteiger charge is 2.17. The minimum atomic E-state index is -0.413. The summed E-state index contributed by atoms with van der Waals surface area (Å²) in [5.74, 6) is -0.223. The summed E-state index contributed by atoms with van der Waals surface area (Å²) in [6.07, 6.45) is 2.63. The maximum absolute atomic E-state index is 11.7. The zero-order valence-corrected chi connectivity index (χ0v) is 8.43. The molecule has 0 aliphatic rings. The van der Waals surface area contributed by atoms with Crippen LogP contribution in [0.4, 0.5) is 5.95 Å². The summed E-state index contributed by atoms with van der Waals surface area (Å²) in [7, 11) is 0. The van der Waals surface area contributed by atoms with Crippen LogP contribution in [0, 0.1) is 0 Å². The number of nitrogens with two attached hydrogens (primary N) is 1. The molecule has 0 atom stereocenters. The van der Waals surface area contributed by atoms with Crippen LogP contribution >= 0.6 is 15.9 Å². The van der Waals surface area contributed by atoms with E-state index in [1.807, 2.05) is 0 Å². The van der Waals surface area contributed by atoms with E-state index in [1.54, 1.807) is 6.07 Å². The maximum Gasteiger partial charge on any atom is 0.302 e. The summed E-state index contributed by atoms with van der Waals surface area (Å²) in [6, 6.07) is 1.62. The van der Waals surface area contributed by atoms with Crippen molar-refractivity contribution in [3.8, 4) is 0 Å². The molecule has 0 saturated heterocycles. The number of carbonyl (C=O) groups is 1. The molecular weight excluding hydrogens is 252 g/mol. The molecule has 0 unspecified atom stereocenters.